The van der Waals surface area contributed by atoms with Crippen LogP contribution in [0, 0.1) is 11.3 Å². The summed E-state index contributed by atoms with van der Waals surface area (Å²) in [6.45, 7) is -0.505. The van der Waals surface area contributed by atoms with E-state index in [0.717, 1.165) is 0 Å². The van der Waals surface area contributed by atoms with E-state index in [1.165, 1.54) is 0 Å². The van der Waals surface area contributed by atoms with Gasteiger partial charge < -0.3 is 4.74 Å². The maximum atomic E-state index is 12.3. The Morgan fingerprint density at radius 3 is 2.62 bits per heavy atom. The van der Waals surface area contributed by atoms with Crippen LogP contribution in [0.5, 0.6) is 0 Å². The van der Waals surface area contributed by atoms with Gasteiger partial charge in [-0.15, -0.1) is 0 Å². The minimum atomic E-state index is -4.36. The van der Waals surface area contributed by atoms with Gasteiger partial charge in [-0.05, 0) is 0 Å². The van der Waals surface area contributed by atoms with Crippen molar-refractivity contribution >= 4 is 17.6 Å². The normalized spacial score (nSPS) is 13.2. The van der Waals surface area contributed by atoms with Crippen molar-refractivity contribution in [2.24, 2.45) is 0 Å². The topological polar surface area (TPSA) is 50.1 Å². The number of carbonyl (C=O) groups is 1. The molecule has 0 fully saturated rings. The highest BCUT2D eigenvalue weighted by molar-refractivity contribution is 6.21. The molecule has 0 saturated carbocycles. The van der Waals surface area contributed by atoms with Crippen LogP contribution in [0.25, 0.3) is 0 Å². The number of ether oxygens (including phenoxy) is 1. The van der Waals surface area contributed by atoms with Crippen LogP contribution in [0.15, 0.2) is 0 Å². The van der Waals surface area contributed by atoms with Crippen LogP contribution in [0.4, 0.5) is 13.2 Å². The highest BCUT2D eigenvalue weighted by atomic mass is 35.5. The zero-order chi connectivity index (χ0) is 10.5. The lowest BCUT2D eigenvalue weighted by atomic mass is 10.4. The van der Waals surface area contributed by atoms with Crippen molar-refractivity contribution in [1.82, 2.24) is 0 Å². The Balaban J connectivity index is 4.04. The van der Waals surface area contributed by atoms with E-state index in [1.807, 2.05) is 0 Å². The second kappa shape index (κ2) is 4.92. The average molecular weight is 216 g/mol. The Labute approximate surface area is 77.0 Å². The Morgan fingerprint density at radius 1 is 1.69 bits per heavy atom. The molecule has 3 nitrogen and oxygen atoms in total. The van der Waals surface area contributed by atoms with Crippen LogP contribution in [0.3, 0.4) is 0 Å². The molecule has 7 heteroatoms. The molecular weight excluding hydrogens is 211 g/mol. The fourth-order valence-corrected chi connectivity index (χ4v) is 0.464. The number of hydrogen-bond acceptors (Lipinski definition) is 3. The maximum Gasteiger partial charge on any atom is 0.386 e. The van der Waals surface area contributed by atoms with Crippen molar-refractivity contribution < 1.29 is 22.7 Å². The molecule has 0 saturated heterocycles. The van der Waals surface area contributed by atoms with Gasteiger partial charge in [0, 0.05) is 0 Å². The van der Waals surface area contributed by atoms with Gasteiger partial charge in [-0.3, -0.25) is 0 Å². The number of halogens is 4. The summed E-state index contributed by atoms with van der Waals surface area (Å²) in [5.74, 6) is -6.43. The summed E-state index contributed by atoms with van der Waals surface area (Å²) in [5.41, 5.74) is -3.12. The highest BCUT2D eigenvalue weighted by Gasteiger charge is 2.49. The zero-order valence-electron chi connectivity index (χ0n) is 6.27. The molecule has 0 radical (unpaired) electrons. The quantitative estimate of drug-likeness (QED) is 0.407. The smallest absolute Gasteiger partial charge is 0.386 e. The minimum absolute atomic E-state index is 0.235. The average Bonchev–Trinajstić information content (AvgIpc) is 2.04. The number of carbonyl (C=O) groups excluding carboxylic acids is 1. The van der Waals surface area contributed by atoms with Gasteiger partial charge in [0.05, 0.1) is 12.5 Å². The molecule has 74 valence electrons. The van der Waals surface area contributed by atoms with Gasteiger partial charge in [0.15, 0.2) is 0 Å². The first-order valence-electron chi connectivity index (χ1n) is 3.13. The Kier molecular flexibility index (Phi) is 4.56. The molecule has 1 atom stereocenters. The summed E-state index contributed by atoms with van der Waals surface area (Å²) in [4.78, 5) is 10.4. The largest absolute Gasteiger partial charge is 0.460 e. The molecule has 0 aliphatic heterocycles. The van der Waals surface area contributed by atoms with Gasteiger partial charge >= 0.3 is 11.9 Å². The van der Waals surface area contributed by atoms with Crippen molar-refractivity contribution in [2.75, 3.05) is 6.61 Å². The summed E-state index contributed by atoms with van der Waals surface area (Å²) in [6, 6.07) is 1.55. The number of esters is 1. The number of nitrogens with zero attached hydrogens (tertiary/aromatic N) is 1. The predicted octanol–water partition coefficient (Wildman–Crippen LogP) is 1.61. The van der Waals surface area contributed by atoms with E-state index in [4.69, 9.17) is 5.26 Å². The summed E-state index contributed by atoms with van der Waals surface area (Å²) < 4.78 is 40.4. The van der Waals surface area contributed by atoms with Gasteiger partial charge in [0.2, 0.25) is 5.63 Å². The van der Waals surface area contributed by atoms with Gasteiger partial charge in [-0.1, -0.05) is 11.6 Å². The Morgan fingerprint density at radius 2 is 2.23 bits per heavy atom. The second-order valence-electron chi connectivity index (χ2n) is 1.97. The third-order valence-electron chi connectivity index (χ3n) is 0.993. The standard InChI is InChI=1S/C6H5ClF3NO2/c7-4(8)6(9,10)5(12)13-3-1-2-11/h4H,1,3H2. The minimum Gasteiger partial charge on any atom is -0.460 e. The van der Waals surface area contributed by atoms with Gasteiger partial charge in [0.25, 0.3) is 0 Å². The van der Waals surface area contributed by atoms with Crippen molar-refractivity contribution in [1.29, 1.82) is 5.26 Å². The van der Waals surface area contributed by atoms with Gasteiger partial charge in [0.1, 0.15) is 6.61 Å². The lowest BCUT2D eigenvalue weighted by Crippen LogP contribution is -2.37. The molecule has 0 aromatic rings. The molecule has 0 N–H and O–H groups in total. The molecule has 0 bridgehead atoms. The van der Waals surface area contributed by atoms with Crippen LogP contribution in [0.2, 0.25) is 0 Å². The van der Waals surface area contributed by atoms with Crippen LogP contribution in [0.1, 0.15) is 6.42 Å². The lowest BCUT2D eigenvalue weighted by molar-refractivity contribution is -0.176. The monoisotopic (exact) mass is 215 g/mol. The van der Waals surface area contributed by atoms with Crippen molar-refractivity contribution in [3.8, 4) is 6.07 Å². The first-order chi connectivity index (χ1) is 5.92. The Bertz CT molecular complexity index is 226. The van der Waals surface area contributed by atoms with Crippen LogP contribution in [-0.2, 0) is 9.53 Å². The van der Waals surface area contributed by atoms with Crippen LogP contribution >= 0.6 is 11.6 Å². The number of nitriles is 1. The lowest BCUT2D eigenvalue weighted by Gasteiger charge is -2.13. The van der Waals surface area contributed by atoms with Gasteiger partial charge in [-0.25, -0.2) is 9.18 Å². The molecule has 0 aliphatic carbocycles. The molecule has 0 spiro atoms. The number of alkyl halides is 4. The Hall–Kier alpha value is -0.960. The summed E-state index contributed by atoms with van der Waals surface area (Å²) in [6.07, 6.45) is -0.235. The molecule has 13 heavy (non-hydrogen) atoms. The molecule has 0 aliphatic rings. The molecule has 1 unspecified atom stereocenters. The van der Waals surface area contributed by atoms with Crippen molar-refractivity contribution in [2.45, 2.75) is 18.0 Å². The first kappa shape index (κ1) is 12.0. The van der Waals surface area contributed by atoms with E-state index in [0.29, 0.717) is 0 Å². The fourth-order valence-electron chi connectivity index (χ4n) is 0.375. The summed E-state index contributed by atoms with van der Waals surface area (Å²) in [7, 11) is 0. The van der Waals surface area contributed by atoms with E-state index in [-0.39, 0.29) is 6.42 Å². The highest BCUT2D eigenvalue weighted by Crippen LogP contribution is 2.25. The molecule has 0 aromatic carbocycles. The first-order valence-corrected chi connectivity index (χ1v) is 3.56. The van der Waals surface area contributed by atoms with E-state index < -0.39 is 24.1 Å². The second-order valence-corrected chi connectivity index (χ2v) is 2.35. The van der Waals surface area contributed by atoms with Crippen LogP contribution in [-0.4, -0.2) is 24.1 Å². The molecule has 0 amide bonds. The molecular formula is C6H5ClF3NO2. The predicted molar refractivity (Wildman–Crippen MR) is 36.9 cm³/mol. The summed E-state index contributed by atoms with van der Waals surface area (Å²) in [5, 5.41) is 7.96. The molecule has 0 rings (SSSR count). The van der Waals surface area contributed by atoms with E-state index in [2.05, 4.69) is 16.3 Å². The van der Waals surface area contributed by atoms with Crippen molar-refractivity contribution in [3.63, 3.8) is 0 Å². The summed E-state index contributed by atoms with van der Waals surface area (Å²) >= 11 is 4.39. The van der Waals surface area contributed by atoms with E-state index in [1.54, 1.807) is 6.07 Å². The fraction of sp³-hybridized carbons (Fsp3) is 0.667. The van der Waals surface area contributed by atoms with Gasteiger partial charge in [-0.2, -0.15) is 14.0 Å². The maximum absolute atomic E-state index is 12.3. The van der Waals surface area contributed by atoms with E-state index >= 15 is 0 Å². The van der Waals surface area contributed by atoms with E-state index in [9.17, 15) is 18.0 Å². The molecule has 0 heterocycles. The number of rotatable bonds is 4. The molecule has 0 aromatic heterocycles. The zero-order valence-corrected chi connectivity index (χ0v) is 7.02. The third-order valence-corrected chi connectivity index (χ3v) is 1.27. The SMILES string of the molecule is N#CCCOC(=O)C(F)(F)C(F)Cl. The number of hydrogen-bond donors (Lipinski definition) is 0. The van der Waals surface area contributed by atoms with Crippen molar-refractivity contribution in [3.05, 3.63) is 0 Å². The third kappa shape index (κ3) is 3.51. The van der Waals surface area contributed by atoms with Crippen LogP contribution < -0.4 is 0 Å².